The van der Waals surface area contributed by atoms with Crippen molar-refractivity contribution in [2.24, 2.45) is 0 Å². The van der Waals surface area contributed by atoms with E-state index in [-0.39, 0.29) is 24.0 Å². The van der Waals surface area contributed by atoms with Crippen LogP contribution in [0, 0.1) is 0 Å². The lowest BCUT2D eigenvalue weighted by Crippen LogP contribution is -2.39. The minimum Gasteiger partial charge on any atom is -0.481 e. The molecule has 2 fully saturated rings. The minimum absolute atomic E-state index is 0.0349. The van der Waals surface area contributed by atoms with Gasteiger partial charge in [0.1, 0.15) is 0 Å². The van der Waals surface area contributed by atoms with Gasteiger partial charge in [0.2, 0.25) is 10.0 Å². The lowest BCUT2D eigenvalue weighted by Gasteiger charge is -2.31. The number of rotatable bonds is 9. The SMILES string of the molecule is O=C(O)CCS(=O)(=O)N1CCC(c2c3cc(C(c4ccc(Cl)cc4)c4ccc(Cl)cc4)ccc3nn2C2CC2)CC1. The largest absolute Gasteiger partial charge is 0.481 e. The van der Waals surface area contributed by atoms with Gasteiger partial charge in [0.05, 0.1) is 23.7 Å². The van der Waals surface area contributed by atoms with Crippen molar-refractivity contribution in [1.82, 2.24) is 14.1 Å². The number of sulfonamides is 1. The summed E-state index contributed by atoms with van der Waals surface area (Å²) in [6, 6.07) is 22.7. The van der Waals surface area contributed by atoms with Crippen molar-refractivity contribution in [3.63, 3.8) is 0 Å². The van der Waals surface area contributed by atoms with Gasteiger partial charge in [-0.3, -0.25) is 9.48 Å². The Morgan fingerprint density at radius 1 is 0.878 bits per heavy atom. The molecule has 0 atom stereocenters. The van der Waals surface area contributed by atoms with Crippen molar-refractivity contribution in [2.75, 3.05) is 18.8 Å². The fourth-order valence-corrected chi connectivity index (χ4v) is 7.67. The maximum absolute atomic E-state index is 12.7. The van der Waals surface area contributed by atoms with Crippen molar-refractivity contribution >= 4 is 50.1 Å². The summed E-state index contributed by atoms with van der Waals surface area (Å²) in [7, 11) is -3.60. The monoisotopic (exact) mass is 611 g/mol. The molecule has 1 aromatic heterocycles. The van der Waals surface area contributed by atoms with Crippen LogP contribution in [0.2, 0.25) is 10.0 Å². The molecule has 2 heterocycles. The summed E-state index contributed by atoms with van der Waals surface area (Å²) in [6.45, 7) is 0.754. The van der Waals surface area contributed by atoms with Crippen LogP contribution in [0.4, 0.5) is 0 Å². The Bertz CT molecular complexity index is 1630. The molecule has 0 radical (unpaired) electrons. The van der Waals surface area contributed by atoms with Crippen LogP contribution in [0.15, 0.2) is 66.7 Å². The van der Waals surface area contributed by atoms with Crippen molar-refractivity contribution in [1.29, 1.82) is 0 Å². The predicted octanol–water partition coefficient (Wildman–Crippen LogP) is 6.84. The quantitative estimate of drug-likeness (QED) is 0.209. The Morgan fingerprint density at radius 2 is 1.44 bits per heavy atom. The second-order valence-corrected chi connectivity index (χ2v) is 14.0. The van der Waals surface area contributed by atoms with Gasteiger partial charge in [-0.1, -0.05) is 53.5 Å². The van der Waals surface area contributed by atoms with E-state index in [0.717, 1.165) is 40.4 Å². The molecule has 1 aliphatic heterocycles. The Kier molecular flexibility index (Phi) is 7.85. The minimum atomic E-state index is -3.60. The topological polar surface area (TPSA) is 92.5 Å². The summed E-state index contributed by atoms with van der Waals surface area (Å²) in [6.07, 6.45) is 3.14. The molecule has 10 heteroatoms. The van der Waals surface area contributed by atoms with Crippen molar-refractivity contribution in [3.8, 4) is 0 Å². The number of nitrogens with zero attached hydrogens (tertiary/aromatic N) is 3. The number of halogens is 2. The van der Waals surface area contributed by atoms with Crippen LogP contribution >= 0.6 is 23.2 Å². The highest BCUT2D eigenvalue weighted by Gasteiger charge is 2.35. The van der Waals surface area contributed by atoms with Gasteiger partial charge in [-0.2, -0.15) is 5.10 Å². The number of piperidine rings is 1. The molecule has 214 valence electrons. The molecule has 7 nitrogen and oxygen atoms in total. The Morgan fingerprint density at radius 3 is 1.98 bits per heavy atom. The summed E-state index contributed by atoms with van der Waals surface area (Å²) in [5, 5.41) is 16.5. The lowest BCUT2D eigenvalue weighted by atomic mass is 9.84. The van der Waals surface area contributed by atoms with Gasteiger partial charge in [-0.05, 0) is 78.8 Å². The van der Waals surface area contributed by atoms with Crippen LogP contribution in [0.1, 0.15) is 72.4 Å². The highest BCUT2D eigenvalue weighted by molar-refractivity contribution is 7.89. The third-order valence-electron chi connectivity index (χ3n) is 8.20. The zero-order valence-electron chi connectivity index (χ0n) is 22.4. The first-order valence-corrected chi connectivity index (χ1v) is 16.3. The van der Waals surface area contributed by atoms with Crippen LogP contribution in [0.3, 0.4) is 0 Å². The van der Waals surface area contributed by atoms with Gasteiger partial charge in [0, 0.05) is 46.1 Å². The molecule has 4 aromatic rings. The Labute approximate surface area is 249 Å². The fraction of sp³-hybridized carbons (Fsp3) is 0.355. The van der Waals surface area contributed by atoms with E-state index >= 15 is 0 Å². The van der Waals surface area contributed by atoms with Crippen molar-refractivity contribution < 1.29 is 18.3 Å². The van der Waals surface area contributed by atoms with Gasteiger partial charge >= 0.3 is 5.97 Å². The van der Waals surface area contributed by atoms with Gasteiger partial charge in [-0.15, -0.1) is 0 Å². The number of carboxylic acid groups (broad SMARTS) is 1. The smallest absolute Gasteiger partial charge is 0.304 e. The zero-order valence-corrected chi connectivity index (χ0v) is 24.7. The van der Waals surface area contributed by atoms with E-state index in [2.05, 4.69) is 47.1 Å². The summed E-state index contributed by atoms with van der Waals surface area (Å²) in [5.41, 5.74) is 5.49. The number of aliphatic carboxylic acids is 1. The van der Waals surface area contributed by atoms with Crippen LogP contribution in [0.5, 0.6) is 0 Å². The van der Waals surface area contributed by atoms with Crippen molar-refractivity contribution in [3.05, 3.63) is 99.2 Å². The molecule has 1 aliphatic carbocycles. The van der Waals surface area contributed by atoms with Gasteiger partial charge < -0.3 is 5.11 Å². The predicted molar refractivity (Wildman–Crippen MR) is 161 cm³/mol. The molecule has 1 saturated carbocycles. The molecule has 1 N–H and O–H groups in total. The molecule has 3 aromatic carbocycles. The maximum Gasteiger partial charge on any atom is 0.304 e. The van der Waals surface area contributed by atoms with E-state index < -0.39 is 16.0 Å². The second-order valence-electron chi connectivity index (χ2n) is 11.0. The third kappa shape index (κ3) is 6.02. The Balaban J connectivity index is 1.37. The average molecular weight is 613 g/mol. The molecule has 6 rings (SSSR count). The van der Waals surface area contributed by atoms with Crippen LogP contribution in [0.25, 0.3) is 10.9 Å². The number of fused-ring (bicyclic) bond motifs is 1. The average Bonchev–Trinajstić information content (AvgIpc) is 3.74. The summed E-state index contributed by atoms with van der Waals surface area (Å²) < 4.78 is 29.1. The van der Waals surface area contributed by atoms with E-state index in [0.29, 0.717) is 42.0 Å². The highest BCUT2D eigenvalue weighted by atomic mass is 35.5. The summed E-state index contributed by atoms with van der Waals surface area (Å²) in [5.74, 6) is -1.34. The number of hydrogen-bond donors (Lipinski definition) is 1. The van der Waals surface area contributed by atoms with E-state index in [1.807, 2.05) is 24.3 Å². The van der Waals surface area contributed by atoms with Crippen LogP contribution in [-0.4, -0.2) is 52.4 Å². The van der Waals surface area contributed by atoms with E-state index in [1.165, 1.54) is 10.00 Å². The molecular weight excluding hydrogens is 581 g/mol. The number of benzene rings is 3. The molecule has 0 spiro atoms. The standard InChI is InChI=1S/C31H31Cl2N3O4S/c32-24-6-1-20(2-7-24)30(21-3-8-25(33)9-4-21)23-5-12-28-27(19-23)31(36(34-28)26-10-11-26)22-13-16-35(17-14-22)41(39,40)18-15-29(37)38/h1-9,12,19,22,26,30H,10-11,13-18H2,(H,37,38). The Hall–Kier alpha value is -2.91. The molecule has 41 heavy (non-hydrogen) atoms. The molecule has 0 amide bonds. The molecule has 2 aliphatic rings. The van der Waals surface area contributed by atoms with Crippen molar-refractivity contribution in [2.45, 2.75) is 50.0 Å². The number of carboxylic acids is 1. The summed E-state index contributed by atoms with van der Waals surface area (Å²) >= 11 is 12.5. The molecule has 1 saturated heterocycles. The van der Waals surface area contributed by atoms with Gasteiger partial charge in [0.25, 0.3) is 0 Å². The molecule has 0 unspecified atom stereocenters. The number of hydrogen-bond acceptors (Lipinski definition) is 4. The third-order valence-corrected chi connectivity index (χ3v) is 10.6. The fourth-order valence-electron chi connectivity index (χ4n) is 5.96. The van der Waals surface area contributed by atoms with Gasteiger partial charge in [0.15, 0.2) is 0 Å². The first kappa shape index (κ1) is 28.2. The van der Waals surface area contributed by atoms with E-state index in [9.17, 15) is 13.2 Å². The van der Waals surface area contributed by atoms with Crippen LogP contribution < -0.4 is 0 Å². The first-order valence-electron chi connectivity index (χ1n) is 13.9. The van der Waals surface area contributed by atoms with Crippen LogP contribution in [-0.2, 0) is 14.8 Å². The van der Waals surface area contributed by atoms with Gasteiger partial charge in [-0.25, -0.2) is 12.7 Å². The highest BCUT2D eigenvalue weighted by Crippen LogP contribution is 2.43. The normalized spacial score (nSPS) is 17.0. The number of carbonyl (C=O) groups is 1. The maximum atomic E-state index is 12.7. The molecular formula is C31H31Cl2N3O4S. The molecule has 0 bridgehead atoms. The number of aromatic nitrogens is 2. The van der Waals surface area contributed by atoms with E-state index in [1.54, 1.807) is 0 Å². The summed E-state index contributed by atoms with van der Waals surface area (Å²) in [4.78, 5) is 10.9. The zero-order chi connectivity index (χ0) is 28.7. The lowest BCUT2D eigenvalue weighted by molar-refractivity contribution is -0.136. The first-order chi connectivity index (χ1) is 19.7. The van der Waals surface area contributed by atoms with E-state index in [4.69, 9.17) is 33.4 Å². The second kappa shape index (κ2) is 11.4.